The van der Waals surface area contributed by atoms with Crippen LogP contribution in [-0.2, 0) is 21.1 Å². The minimum absolute atomic E-state index is 0.0772. The van der Waals surface area contributed by atoms with Gasteiger partial charge in [-0.1, -0.05) is 11.3 Å². The van der Waals surface area contributed by atoms with E-state index in [4.69, 9.17) is 4.74 Å². The number of hydrogen-bond acceptors (Lipinski definition) is 7. The highest BCUT2D eigenvalue weighted by Gasteiger charge is 2.60. The van der Waals surface area contributed by atoms with Gasteiger partial charge >= 0.3 is 5.92 Å². The molecule has 1 unspecified atom stereocenters. The van der Waals surface area contributed by atoms with Crippen molar-refractivity contribution in [3.05, 3.63) is 71.1 Å². The lowest BCUT2D eigenvalue weighted by Gasteiger charge is -2.41. The number of nitrogens with one attached hydrogen (secondary N) is 1. The second kappa shape index (κ2) is 8.90. The fraction of sp³-hybridized carbons (Fsp3) is 0.300. The van der Waals surface area contributed by atoms with Crippen molar-refractivity contribution in [1.29, 1.82) is 0 Å². The molecule has 1 aromatic carbocycles. The van der Waals surface area contributed by atoms with Gasteiger partial charge in [-0.05, 0) is 42.8 Å². The zero-order valence-electron chi connectivity index (χ0n) is 16.7. The van der Waals surface area contributed by atoms with Crippen LogP contribution in [0.5, 0.6) is 0 Å². The Morgan fingerprint density at radius 2 is 2.06 bits per heavy atom. The summed E-state index contributed by atoms with van der Waals surface area (Å²) in [6.45, 7) is 0.688. The number of rotatable bonds is 8. The quantitative estimate of drug-likeness (QED) is 0.503. The Kier molecular flexibility index (Phi) is 6.46. The zero-order chi connectivity index (χ0) is 22.6. The van der Waals surface area contributed by atoms with Crippen molar-refractivity contribution in [1.82, 2.24) is 15.5 Å². The number of carbonyl (C=O) groups is 1. The maximum absolute atomic E-state index is 15.9. The van der Waals surface area contributed by atoms with Crippen LogP contribution in [0.1, 0.15) is 23.7 Å². The van der Waals surface area contributed by atoms with Crippen LogP contribution in [0.15, 0.2) is 52.9 Å². The number of halogens is 4. The van der Waals surface area contributed by atoms with E-state index >= 15 is 8.78 Å². The number of benzene rings is 1. The number of ether oxygens (including phenoxy) is 1. The van der Waals surface area contributed by atoms with Crippen LogP contribution in [0.4, 0.5) is 17.6 Å². The molecule has 164 valence electrons. The minimum Gasteiger partial charge on any atom is -0.365 e. The molecule has 0 fully saturated rings. The van der Waals surface area contributed by atoms with E-state index in [0.717, 1.165) is 31.5 Å². The normalized spacial score (nSPS) is 16.5. The smallest absolute Gasteiger partial charge is 0.323 e. The molecule has 3 rings (SSSR count). The molecule has 1 aromatic heterocycles. The van der Waals surface area contributed by atoms with E-state index in [1.165, 1.54) is 30.2 Å². The predicted octanol–water partition coefficient (Wildman–Crippen LogP) is 3.74. The molecule has 1 aliphatic rings. The largest absolute Gasteiger partial charge is 0.365 e. The zero-order valence-corrected chi connectivity index (χ0v) is 16.7. The van der Waals surface area contributed by atoms with E-state index < -0.39 is 41.0 Å². The summed E-state index contributed by atoms with van der Waals surface area (Å²) in [6.07, 6.45) is 3.86. The highest BCUT2D eigenvalue weighted by Crippen LogP contribution is 2.48. The molecule has 2 heterocycles. The number of allylic oxidation sites excluding steroid dienone is 1. The second-order valence-electron chi connectivity index (χ2n) is 6.83. The molecule has 1 atom stereocenters. The Labute approximate surface area is 175 Å². The predicted molar refractivity (Wildman–Crippen MR) is 102 cm³/mol. The van der Waals surface area contributed by atoms with Crippen molar-refractivity contribution in [2.45, 2.75) is 18.4 Å². The second-order valence-corrected chi connectivity index (χ2v) is 6.83. The maximum Gasteiger partial charge on any atom is 0.323 e. The number of hydrogen-bond donors (Lipinski definition) is 1. The van der Waals surface area contributed by atoms with Gasteiger partial charge in [0, 0.05) is 24.9 Å². The van der Waals surface area contributed by atoms with Crippen LogP contribution in [0, 0.1) is 11.6 Å². The minimum atomic E-state index is -3.87. The van der Waals surface area contributed by atoms with Crippen LogP contribution in [0.25, 0.3) is 6.08 Å². The van der Waals surface area contributed by atoms with Crippen LogP contribution >= 0.6 is 0 Å². The number of pyridine rings is 1. The lowest BCUT2D eigenvalue weighted by atomic mass is 9.84. The van der Waals surface area contributed by atoms with E-state index in [2.05, 4.69) is 20.9 Å². The van der Waals surface area contributed by atoms with Crippen molar-refractivity contribution in [2.75, 3.05) is 20.3 Å². The summed E-state index contributed by atoms with van der Waals surface area (Å²) in [6, 6.07) is 4.69. The molecular formula is C20H19F4N5O2. The molecule has 1 N–H and O–H groups in total. The molecule has 0 saturated heterocycles. The SMILES string of the molecule is COC(CN1CN=NN1)(c1ccc(F)cc1F)C(F)(F)c1ccc(C=CC(C)=O)cn1. The Hall–Kier alpha value is -3.18. The average Bonchev–Trinajstić information content (AvgIpc) is 3.24. The molecule has 0 amide bonds. The number of alkyl halides is 2. The average molecular weight is 437 g/mol. The number of ketones is 1. The summed E-state index contributed by atoms with van der Waals surface area (Å²) < 4.78 is 65.2. The molecule has 0 aliphatic carbocycles. The van der Waals surface area contributed by atoms with Gasteiger partial charge in [-0.15, -0.1) is 0 Å². The van der Waals surface area contributed by atoms with Gasteiger partial charge < -0.3 is 4.74 Å². The standard InChI is InChI=1S/C20H19F4N5O2/c1-13(30)3-4-14-5-8-18(25-10-14)20(23,24)19(31-2,11-29-12-26-27-28-29)16-7-6-15(21)9-17(16)22/h3-10H,11-12H2,1-2H3,(H,26,28). The van der Waals surface area contributed by atoms with Gasteiger partial charge in [-0.25, -0.2) is 14.3 Å². The maximum atomic E-state index is 15.9. The summed E-state index contributed by atoms with van der Waals surface area (Å²) in [5.74, 6) is -6.20. The summed E-state index contributed by atoms with van der Waals surface area (Å²) >= 11 is 0. The third-order valence-corrected chi connectivity index (χ3v) is 4.74. The van der Waals surface area contributed by atoms with Crippen molar-refractivity contribution < 1.29 is 27.1 Å². The number of methoxy groups -OCH3 is 1. The lowest BCUT2D eigenvalue weighted by Crippen LogP contribution is -2.55. The Balaban J connectivity index is 2.09. The van der Waals surface area contributed by atoms with Gasteiger partial charge in [0.15, 0.2) is 11.4 Å². The van der Waals surface area contributed by atoms with E-state index in [0.29, 0.717) is 11.6 Å². The Morgan fingerprint density at radius 3 is 2.61 bits per heavy atom. The van der Waals surface area contributed by atoms with Crippen LogP contribution in [0.3, 0.4) is 0 Å². The van der Waals surface area contributed by atoms with E-state index in [1.54, 1.807) is 0 Å². The van der Waals surface area contributed by atoms with E-state index in [9.17, 15) is 13.6 Å². The van der Waals surface area contributed by atoms with Crippen molar-refractivity contribution in [2.24, 2.45) is 10.3 Å². The molecular weight excluding hydrogens is 418 g/mol. The number of aromatic nitrogens is 1. The molecule has 2 aromatic rings. The lowest BCUT2D eigenvalue weighted by molar-refractivity contribution is -0.225. The number of carbonyl (C=O) groups excluding carboxylic acids is 1. The summed E-state index contributed by atoms with van der Waals surface area (Å²) in [4.78, 5) is 14.9. The molecule has 31 heavy (non-hydrogen) atoms. The van der Waals surface area contributed by atoms with Crippen molar-refractivity contribution in [3.8, 4) is 0 Å². The van der Waals surface area contributed by atoms with Crippen molar-refractivity contribution >= 4 is 11.9 Å². The molecule has 0 radical (unpaired) electrons. The van der Waals surface area contributed by atoms with Gasteiger partial charge in [0.1, 0.15) is 24.0 Å². The van der Waals surface area contributed by atoms with Gasteiger partial charge in [0.2, 0.25) is 0 Å². The molecule has 0 spiro atoms. The first-order chi connectivity index (χ1) is 14.7. The van der Waals surface area contributed by atoms with Gasteiger partial charge in [-0.3, -0.25) is 9.78 Å². The van der Waals surface area contributed by atoms with Crippen molar-refractivity contribution in [3.63, 3.8) is 0 Å². The van der Waals surface area contributed by atoms with Crippen LogP contribution < -0.4 is 5.53 Å². The highest BCUT2D eigenvalue weighted by atomic mass is 19.3. The summed E-state index contributed by atoms with van der Waals surface area (Å²) in [5.41, 5.74) is -1.01. The fourth-order valence-electron chi connectivity index (χ4n) is 3.17. The molecule has 11 heteroatoms. The third-order valence-electron chi connectivity index (χ3n) is 4.74. The summed E-state index contributed by atoms with van der Waals surface area (Å²) in [7, 11) is 1.00. The first-order valence-corrected chi connectivity index (χ1v) is 9.10. The Bertz CT molecular complexity index is 1010. The van der Waals surface area contributed by atoms with Crippen LogP contribution in [-0.4, -0.2) is 36.1 Å². The molecule has 7 nitrogen and oxygen atoms in total. The first-order valence-electron chi connectivity index (χ1n) is 9.10. The monoisotopic (exact) mass is 437 g/mol. The molecule has 0 bridgehead atoms. The first kappa shape index (κ1) is 22.5. The fourth-order valence-corrected chi connectivity index (χ4v) is 3.17. The number of nitrogens with zero attached hydrogens (tertiary/aromatic N) is 4. The Morgan fingerprint density at radius 1 is 1.29 bits per heavy atom. The van der Waals surface area contributed by atoms with E-state index in [-0.39, 0.29) is 12.5 Å². The summed E-state index contributed by atoms with van der Waals surface area (Å²) in [5, 5.41) is 8.36. The van der Waals surface area contributed by atoms with Crippen LogP contribution in [0.2, 0.25) is 0 Å². The number of hydrazine groups is 1. The molecule has 0 saturated carbocycles. The van der Waals surface area contributed by atoms with Gasteiger partial charge in [-0.2, -0.15) is 18.9 Å². The van der Waals surface area contributed by atoms with E-state index in [1.807, 2.05) is 0 Å². The van der Waals surface area contributed by atoms with Gasteiger partial charge in [0.25, 0.3) is 0 Å². The molecule has 1 aliphatic heterocycles. The third kappa shape index (κ3) is 4.47. The topological polar surface area (TPSA) is 79.2 Å². The van der Waals surface area contributed by atoms with Gasteiger partial charge in [0.05, 0.1) is 6.54 Å². The highest BCUT2D eigenvalue weighted by molar-refractivity contribution is 5.91.